The Kier molecular flexibility index (Phi) is 9.49. The van der Waals surface area contributed by atoms with Crippen LogP contribution in [0.1, 0.15) is 32.0 Å². The number of hydrogen-bond acceptors (Lipinski definition) is 6. The molecule has 1 rings (SSSR count). The average molecular weight is 331 g/mol. The van der Waals surface area contributed by atoms with Crippen molar-refractivity contribution in [2.45, 2.75) is 45.2 Å². The summed E-state index contributed by atoms with van der Waals surface area (Å²) in [4.78, 5) is 4.35. The highest BCUT2D eigenvalue weighted by Crippen LogP contribution is 2.15. The van der Waals surface area contributed by atoms with E-state index in [0.29, 0.717) is 0 Å². The van der Waals surface area contributed by atoms with Crippen LogP contribution in [0.4, 0.5) is 0 Å². The Balaban J connectivity index is 2.27. The molecule has 7 nitrogen and oxygen atoms in total. The third kappa shape index (κ3) is 6.53. The second-order valence-electron chi connectivity index (χ2n) is 5.18. The summed E-state index contributed by atoms with van der Waals surface area (Å²) < 4.78 is 18.1. The van der Waals surface area contributed by atoms with E-state index in [9.17, 15) is 0 Å². The van der Waals surface area contributed by atoms with E-state index in [-0.39, 0.29) is 0 Å². The van der Waals surface area contributed by atoms with E-state index >= 15 is 0 Å². The normalized spacial score (nSPS) is 12.0. The van der Waals surface area contributed by atoms with Crippen molar-refractivity contribution in [2.24, 2.45) is 0 Å². The molecule has 0 aliphatic rings. The van der Waals surface area contributed by atoms with Gasteiger partial charge in [-0.25, -0.2) is 4.98 Å². The van der Waals surface area contributed by atoms with E-state index in [1.54, 1.807) is 27.7 Å². The molecule has 8 heteroatoms. The van der Waals surface area contributed by atoms with Crippen LogP contribution in [0, 0.1) is 0 Å². The van der Waals surface area contributed by atoms with Gasteiger partial charge in [-0.05, 0) is 32.4 Å². The zero-order valence-corrected chi connectivity index (χ0v) is 15.3. The van der Waals surface area contributed by atoms with Gasteiger partial charge in [0.05, 0.1) is 0 Å². The topological polar surface area (TPSA) is 70.4 Å². The Morgan fingerprint density at radius 3 is 2.50 bits per heavy atom. The van der Waals surface area contributed by atoms with Crippen LogP contribution in [0.3, 0.4) is 0 Å². The summed E-state index contributed by atoms with van der Waals surface area (Å²) in [6.07, 6.45) is 5.84. The lowest BCUT2D eigenvalue weighted by atomic mass is 10.3. The van der Waals surface area contributed by atoms with Crippen molar-refractivity contribution >= 4 is 8.80 Å². The van der Waals surface area contributed by atoms with Gasteiger partial charge < -0.3 is 18.6 Å². The largest absolute Gasteiger partial charge is 0.500 e. The lowest BCUT2D eigenvalue weighted by Crippen LogP contribution is -2.42. The Hall–Kier alpha value is -0.803. The monoisotopic (exact) mass is 330 g/mol. The SMILES string of the molecule is CCCNCCCc1ncn(CCC[Si](OC)(OC)OC)n1. The minimum atomic E-state index is -2.47. The summed E-state index contributed by atoms with van der Waals surface area (Å²) >= 11 is 0. The summed E-state index contributed by atoms with van der Waals surface area (Å²) in [5.74, 6) is 0.909. The lowest BCUT2D eigenvalue weighted by Gasteiger charge is -2.24. The van der Waals surface area contributed by atoms with Gasteiger partial charge in [0.25, 0.3) is 0 Å². The molecule has 1 aromatic rings. The number of nitrogens with one attached hydrogen (secondary N) is 1. The summed E-state index contributed by atoms with van der Waals surface area (Å²) in [5.41, 5.74) is 0. The molecule has 0 radical (unpaired) electrons. The molecule has 22 heavy (non-hydrogen) atoms. The molecular formula is C14H30N4O3Si. The van der Waals surface area contributed by atoms with Crippen molar-refractivity contribution in [2.75, 3.05) is 34.4 Å². The molecule has 0 bridgehead atoms. The molecule has 1 heterocycles. The van der Waals surface area contributed by atoms with E-state index in [1.807, 2.05) is 4.68 Å². The van der Waals surface area contributed by atoms with E-state index < -0.39 is 8.80 Å². The van der Waals surface area contributed by atoms with Crippen molar-refractivity contribution < 1.29 is 13.3 Å². The van der Waals surface area contributed by atoms with Gasteiger partial charge >= 0.3 is 8.80 Å². The first-order chi connectivity index (χ1) is 10.7. The first-order valence-electron chi connectivity index (χ1n) is 7.94. The minimum absolute atomic E-state index is 0.770. The molecule has 0 unspecified atom stereocenters. The molecular weight excluding hydrogens is 300 g/mol. The van der Waals surface area contributed by atoms with E-state index in [0.717, 1.165) is 50.8 Å². The second-order valence-corrected chi connectivity index (χ2v) is 8.27. The molecule has 0 amide bonds. The fraction of sp³-hybridized carbons (Fsp3) is 0.857. The van der Waals surface area contributed by atoms with Gasteiger partial charge in [0.15, 0.2) is 5.82 Å². The Morgan fingerprint density at radius 1 is 1.14 bits per heavy atom. The summed E-state index contributed by atoms with van der Waals surface area (Å²) in [6, 6.07) is 0.770. The number of hydrogen-bond donors (Lipinski definition) is 1. The van der Waals surface area contributed by atoms with Crippen LogP contribution in [-0.4, -0.2) is 58.0 Å². The van der Waals surface area contributed by atoms with Crippen LogP contribution >= 0.6 is 0 Å². The second kappa shape index (κ2) is 10.8. The van der Waals surface area contributed by atoms with Gasteiger partial charge in [-0.15, -0.1) is 0 Å². The van der Waals surface area contributed by atoms with Crippen molar-refractivity contribution in [1.82, 2.24) is 20.1 Å². The van der Waals surface area contributed by atoms with Gasteiger partial charge in [0.1, 0.15) is 6.33 Å². The zero-order chi connectivity index (χ0) is 16.3. The van der Waals surface area contributed by atoms with Gasteiger partial charge in [-0.2, -0.15) is 5.10 Å². The molecule has 0 aliphatic heterocycles. The lowest BCUT2D eigenvalue weighted by molar-refractivity contribution is 0.122. The zero-order valence-electron chi connectivity index (χ0n) is 14.3. The third-order valence-electron chi connectivity index (χ3n) is 3.57. The predicted molar refractivity (Wildman–Crippen MR) is 87.7 cm³/mol. The number of aromatic nitrogens is 3. The maximum Gasteiger partial charge on any atom is 0.500 e. The van der Waals surface area contributed by atoms with Crippen LogP contribution in [-0.2, 0) is 26.2 Å². The maximum atomic E-state index is 5.41. The molecule has 1 N–H and O–H groups in total. The molecule has 1 aromatic heterocycles. The minimum Gasteiger partial charge on any atom is -0.377 e. The first kappa shape index (κ1) is 19.2. The molecule has 0 fully saturated rings. The van der Waals surface area contributed by atoms with Crippen LogP contribution in [0.2, 0.25) is 6.04 Å². The van der Waals surface area contributed by atoms with E-state index in [4.69, 9.17) is 13.3 Å². The number of aryl methyl sites for hydroxylation is 2. The number of rotatable bonds is 13. The van der Waals surface area contributed by atoms with Gasteiger partial charge in [-0.3, -0.25) is 4.68 Å². The molecule has 0 saturated carbocycles. The highest BCUT2D eigenvalue weighted by atomic mass is 28.4. The number of nitrogens with zero attached hydrogens (tertiary/aromatic N) is 3. The summed E-state index contributed by atoms with van der Waals surface area (Å²) in [6.45, 7) is 5.06. The van der Waals surface area contributed by atoms with Crippen LogP contribution in [0.5, 0.6) is 0 Å². The molecule has 0 aromatic carbocycles. The third-order valence-corrected chi connectivity index (χ3v) is 6.40. The van der Waals surface area contributed by atoms with Crippen molar-refractivity contribution in [3.05, 3.63) is 12.2 Å². The molecule has 0 atom stereocenters. The van der Waals surface area contributed by atoms with Gasteiger partial charge in [0.2, 0.25) is 0 Å². The van der Waals surface area contributed by atoms with Crippen LogP contribution in [0.25, 0.3) is 0 Å². The quantitative estimate of drug-likeness (QED) is 0.436. The molecule has 0 saturated heterocycles. The molecule has 128 valence electrons. The maximum absolute atomic E-state index is 5.41. The Labute approximate surface area is 134 Å². The summed E-state index contributed by atoms with van der Waals surface area (Å²) in [7, 11) is 2.45. The highest BCUT2D eigenvalue weighted by molar-refractivity contribution is 6.60. The standard InChI is InChI=1S/C14H30N4O3Si/c1-5-9-15-10-6-8-14-16-13-18(17-14)11-7-12-22(19-2,20-3)21-4/h13,15H,5-12H2,1-4H3. The fourth-order valence-corrected chi connectivity index (χ4v) is 3.95. The Morgan fingerprint density at radius 2 is 1.86 bits per heavy atom. The smallest absolute Gasteiger partial charge is 0.377 e. The van der Waals surface area contributed by atoms with Gasteiger partial charge in [0, 0.05) is 40.3 Å². The first-order valence-corrected chi connectivity index (χ1v) is 9.87. The van der Waals surface area contributed by atoms with Crippen LogP contribution in [0.15, 0.2) is 6.33 Å². The molecule has 0 spiro atoms. The Bertz CT molecular complexity index is 391. The summed E-state index contributed by atoms with van der Waals surface area (Å²) in [5, 5.41) is 7.88. The van der Waals surface area contributed by atoms with E-state index in [2.05, 4.69) is 22.3 Å². The van der Waals surface area contributed by atoms with Crippen molar-refractivity contribution in [1.29, 1.82) is 0 Å². The van der Waals surface area contributed by atoms with E-state index in [1.165, 1.54) is 6.42 Å². The van der Waals surface area contributed by atoms with Gasteiger partial charge in [-0.1, -0.05) is 6.92 Å². The average Bonchev–Trinajstić information content (AvgIpc) is 3.00. The molecule has 0 aliphatic carbocycles. The predicted octanol–water partition coefficient (Wildman–Crippen LogP) is 1.48. The van der Waals surface area contributed by atoms with Crippen LogP contribution < -0.4 is 5.32 Å². The fourth-order valence-electron chi connectivity index (χ4n) is 2.24. The van der Waals surface area contributed by atoms with Crippen molar-refractivity contribution in [3.8, 4) is 0 Å². The highest BCUT2D eigenvalue weighted by Gasteiger charge is 2.36. The van der Waals surface area contributed by atoms with Crippen molar-refractivity contribution in [3.63, 3.8) is 0 Å².